The van der Waals surface area contributed by atoms with Crippen molar-refractivity contribution >= 4 is 11.6 Å². The van der Waals surface area contributed by atoms with Crippen LogP contribution in [0.3, 0.4) is 0 Å². The van der Waals surface area contributed by atoms with Crippen molar-refractivity contribution in [1.29, 1.82) is 5.26 Å². The molecule has 0 heterocycles. The molecule has 0 spiro atoms. The second kappa shape index (κ2) is 6.31. The van der Waals surface area contributed by atoms with E-state index in [1.165, 1.54) is 0 Å². The summed E-state index contributed by atoms with van der Waals surface area (Å²) in [6.45, 7) is 2.78. The number of hydrogen-bond acceptors (Lipinski definition) is 2. The van der Waals surface area contributed by atoms with Crippen molar-refractivity contribution < 1.29 is 4.74 Å². The number of rotatable bonds is 5. The maximum atomic E-state index is 8.57. The van der Waals surface area contributed by atoms with Crippen molar-refractivity contribution in [2.45, 2.75) is 26.2 Å². The molecule has 15 heavy (non-hydrogen) atoms. The minimum absolute atomic E-state index is 0.390. The third-order valence-corrected chi connectivity index (χ3v) is 2.35. The summed E-state index contributed by atoms with van der Waals surface area (Å²) in [5.74, 6) is 0.679. The second-order valence-corrected chi connectivity index (χ2v) is 3.71. The summed E-state index contributed by atoms with van der Waals surface area (Å²) in [6.07, 6.45) is 2.50. The van der Waals surface area contributed by atoms with Crippen molar-refractivity contribution in [3.05, 3.63) is 28.8 Å². The smallest absolute Gasteiger partial charge is 0.138 e. The first-order valence-electron chi connectivity index (χ1n) is 5.06. The Labute approximate surface area is 95.4 Å². The van der Waals surface area contributed by atoms with E-state index in [0.29, 0.717) is 23.8 Å². The molecule has 0 amide bonds. The van der Waals surface area contributed by atoms with Gasteiger partial charge < -0.3 is 4.74 Å². The molecule has 0 aliphatic rings. The van der Waals surface area contributed by atoms with Gasteiger partial charge in [0.05, 0.1) is 24.1 Å². The molecule has 1 rings (SSSR count). The van der Waals surface area contributed by atoms with Crippen LogP contribution in [0.1, 0.15) is 25.3 Å². The first kappa shape index (κ1) is 11.9. The Morgan fingerprint density at radius 2 is 2.27 bits per heavy atom. The third-order valence-electron chi connectivity index (χ3n) is 2.03. The van der Waals surface area contributed by atoms with Gasteiger partial charge in [0.25, 0.3) is 0 Å². The number of halogens is 1. The lowest BCUT2D eigenvalue weighted by Crippen LogP contribution is -1.97. The van der Waals surface area contributed by atoms with Crippen molar-refractivity contribution in [3.8, 4) is 11.8 Å². The minimum atomic E-state index is 0.390. The van der Waals surface area contributed by atoms with Crippen LogP contribution < -0.4 is 4.74 Å². The Kier molecular flexibility index (Phi) is 5.00. The lowest BCUT2D eigenvalue weighted by atomic mass is 10.1. The molecular weight excluding hydrogens is 210 g/mol. The number of nitriles is 1. The Morgan fingerprint density at radius 1 is 1.47 bits per heavy atom. The normalized spacial score (nSPS) is 9.67. The third kappa shape index (κ3) is 3.81. The van der Waals surface area contributed by atoms with E-state index in [1.807, 2.05) is 12.1 Å². The van der Waals surface area contributed by atoms with Crippen LogP contribution in [0.25, 0.3) is 0 Å². The molecule has 0 aliphatic carbocycles. The fraction of sp³-hybridized carbons (Fsp3) is 0.417. The summed E-state index contributed by atoms with van der Waals surface area (Å²) in [5.41, 5.74) is 0.938. The van der Waals surface area contributed by atoms with E-state index in [2.05, 4.69) is 13.0 Å². The van der Waals surface area contributed by atoms with Crippen LogP contribution in [0.15, 0.2) is 18.2 Å². The number of unbranched alkanes of at least 4 members (excludes halogenated alkanes) is 1. The zero-order valence-electron chi connectivity index (χ0n) is 8.79. The van der Waals surface area contributed by atoms with Crippen LogP contribution in [0.4, 0.5) is 0 Å². The van der Waals surface area contributed by atoms with E-state index in [0.717, 1.165) is 18.4 Å². The molecule has 2 nitrogen and oxygen atoms in total. The quantitative estimate of drug-likeness (QED) is 0.715. The molecule has 0 radical (unpaired) electrons. The predicted octanol–water partition coefficient (Wildman–Crippen LogP) is 3.58. The van der Waals surface area contributed by atoms with Gasteiger partial charge in [-0.1, -0.05) is 31.0 Å². The zero-order valence-corrected chi connectivity index (χ0v) is 9.55. The number of hydrogen-bond donors (Lipinski definition) is 0. The number of benzene rings is 1. The van der Waals surface area contributed by atoms with Crippen LogP contribution in [0, 0.1) is 11.3 Å². The van der Waals surface area contributed by atoms with Gasteiger partial charge >= 0.3 is 0 Å². The topological polar surface area (TPSA) is 33.0 Å². The van der Waals surface area contributed by atoms with E-state index >= 15 is 0 Å². The maximum Gasteiger partial charge on any atom is 0.138 e. The molecule has 0 unspecified atom stereocenters. The molecule has 1 aromatic carbocycles. The lowest BCUT2D eigenvalue weighted by molar-refractivity contribution is 0.309. The Hall–Kier alpha value is -1.20. The molecule has 0 atom stereocenters. The summed E-state index contributed by atoms with van der Waals surface area (Å²) in [7, 11) is 0. The van der Waals surface area contributed by atoms with Gasteiger partial charge in [-0.2, -0.15) is 5.26 Å². The molecule has 0 N–H and O–H groups in total. The largest absolute Gasteiger partial charge is 0.492 e. The standard InChI is InChI=1S/C12H14ClNO/c1-2-3-8-15-12-9-10(6-7-14)4-5-11(12)13/h4-5,9H,2-3,6,8H2,1H3. The summed E-state index contributed by atoms with van der Waals surface area (Å²) in [5, 5.41) is 9.17. The highest BCUT2D eigenvalue weighted by Gasteiger charge is 2.02. The van der Waals surface area contributed by atoms with Gasteiger partial charge in [0.2, 0.25) is 0 Å². The second-order valence-electron chi connectivity index (χ2n) is 3.30. The molecule has 0 bridgehead atoms. The zero-order chi connectivity index (χ0) is 11.1. The van der Waals surface area contributed by atoms with Crippen LogP contribution >= 0.6 is 11.6 Å². The predicted molar refractivity (Wildman–Crippen MR) is 61.2 cm³/mol. The summed E-state index contributed by atoms with van der Waals surface area (Å²) in [6, 6.07) is 7.55. The van der Waals surface area contributed by atoms with Gasteiger partial charge in [0, 0.05) is 0 Å². The monoisotopic (exact) mass is 223 g/mol. The molecule has 0 aromatic heterocycles. The average molecular weight is 224 g/mol. The molecule has 0 saturated carbocycles. The van der Waals surface area contributed by atoms with Crippen LogP contribution in [-0.4, -0.2) is 6.61 Å². The van der Waals surface area contributed by atoms with E-state index in [-0.39, 0.29) is 0 Å². The highest BCUT2D eigenvalue weighted by molar-refractivity contribution is 6.32. The van der Waals surface area contributed by atoms with Crippen LogP contribution in [0.5, 0.6) is 5.75 Å². The van der Waals surface area contributed by atoms with E-state index < -0.39 is 0 Å². The molecule has 0 saturated heterocycles. The lowest BCUT2D eigenvalue weighted by Gasteiger charge is -2.08. The number of nitrogens with zero attached hydrogens (tertiary/aromatic N) is 1. The Morgan fingerprint density at radius 3 is 2.93 bits per heavy atom. The van der Waals surface area contributed by atoms with Crippen molar-refractivity contribution in [2.24, 2.45) is 0 Å². The van der Waals surface area contributed by atoms with Crippen LogP contribution in [-0.2, 0) is 6.42 Å². The molecule has 0 aliphatic heterocycles. The van der Waals surface area contributed by atoms with Gasteiger partial charge in [0.15, 0.2) is 0 Å². The minimum Gasteiger partial charge on any atom is -0.492 e. The highest BCUT2D eigenvalue weighted by Crippen LogP contribution is 2.25. The van der Waals surface area contributed by atoms with Gasteiger partial charge in [-0.3, -0.25) is 0 Å². The first-order valence-corrected chi connectivity index (χ1v) is 5.44. The maximum absolute atomic E-state index is 8.57. The highest BCUT2D eigenvalue weighted by atomic mass is 35.5. The average Bonchev–Trinajstić information content (AvgIpc) is 2.23. The summed E-state index contributed by atoms with van der Waals surface area (Å²) < 4.78 is 5.52. The van der Waals surface area contributed by atoms with Gasteiger partial charge in [-0.05, 0) is 24.1 Å². The summed E-state index contributed by atoms with van der Waals surface area (Å²) >= 11 is 5.97. The van der Waals surface area contributed by atoms with Gasteiger partial charge in [0.1, 0.15) is 5.75 Å². The SMILES string of the molecule is CCCCOc1cc(CC#N)ccc1Cl. The Bertz CT molecular complexity index is 357. The van der Waals surface area contributed by atoms with E-state index in [1.54, 1.807) is 6.07 Å². The molecule has 3 heteroatoms. The molecular formula is C12H14ClNO. The summed E-state index contributed by atoms with van der Waals surface area (Å²) in [4.78, 5) is 0. The fourth-order valence-electron chi connectivity index (χ4n) is 1.19. The van der Waals surface area contributed by atoms with Crippen molar-refractivity contribution in [3.63, 3.8) is 0 Å². The molecule has 80 valence electrons. The van der Waals surface area contributed by atoms with Crippen LogP contribution in [0.2, 0.25) is 5.02 Å². The van der Waals surface area contributed by atoms with Crippen molar-refractivity contribution in [1.82, 2.24) is 0 Å². The van der Waals surface area contributed by atoms with Gasteiger partial charge in [-0.15, -0.1) is 0 Å². The Balaban J connectivity index is 2.68. The molecule has 0 fully saturated rings. The fourth-order valence-corrected chi connectivity index (χ4v) is 1.36. The van der Waals surface area contributed by atoms with Crippen molar-refractivity contribution in [2.75, 3.05) is 6.61 Å². The molecule has 1 aromatic rings. The first-order chi connectivity index (χ1) is 7.27. The number of ether oxygens (including phenoxy) is 1. The van der Waals surface area contributed by atoms with E-state index in [4.69, 9.17) is 21.6 Å². The van der Waals surface area contributed by atoms with Gasteiger partial charge in [-0.25, -0.2) is 0 Å². The van der Waals surface area contributed by atoms with E-state index in [9.17, 15) is 0 Å².